The summed E-state index contributed by atoms with van der Waals surface area (Å²) in [5.74, 6) is -2.05. The minimum atomic E-state index is -4.15. The van der Waals surface area contributed by atoms with Crippen LogP contribution in [0.1, 0.15) is 18.5 Å². The quantitative estimate of drug-likeness (QED) is 0.545. The van der Waals surface area contributed by atoms with Crippen LogP contribution in [-0.2, 0) is 29.1 Å². The SMILES string of the molecule is COC(=O)C1(C(=O)OC)N=C(C)N(S(=O)(=O)c2ccccc2)C1c1ccccc1. The molecule has 0 radical (unpaired) electrons. The molecule has 0 fully saturated rings. The fourth-order valence-electron chi connectivity index (χ4n) is 3.46. The van der Waals surface area contributed by atoms with Gasteiger partial charge in [-0.05, 0) is 24.6 Å². The highest BCUT2D eigenvalue weighted by molar-refractivity contribution is 7.89. The van der Waals surface area contributed by atoms with E-state index in [9.17, 15) is 18.0 Å². The van der Waals surface area contributed by atoms with Gasteiger partial charge in [0.25, 0.3) is 15.6 Å². The maximum Gasteiger partial charge on any atom is 0.348 e. The maximum absolute atomic E-state index is 13.5. The van der Waals surface area contributed by atoms with Gasteiger partial charge in [0.1, 0.15) is 11.9 Å². The summed E-state index contributed by atoms with van der Waals surface area (Å²) in [5.41, 5.74) is -1.83. The molecule has 0 spiro atoms. The van der Waals surface area contributed by atoms with Crippen LogP contribution < -0.4 is 0 Å². The van der Waals surface area contributed by atoms with Crippen LogP contribution in [0.2, 0.25) is 0 Å². The van der Waals surface area contributed by atoms with Crippen molar-refractivity contribution >= 4 is 27.8 Å². The van der Waals surface area contributed by atoms with Crippen LogP contribution in [0.25, 0.3) is 0 Å². The number of hydrogen-bond donors (Lipinski definition) is 0. The van der Waals surface area contributed by atoms with Crippen molar-refractivity contribution in [2.45, 2.75) is 23.4 Å². The Hall–Kier alpha value is -3.20. The maximum atomic E-state index is 13.5. The first-order valence-corrected chi connectivity index (χ1v) is 10.1. The highest BCUT2D eigenvalue weighted by Gasteiger charge is 2.64. The van der Waals surface area contributed by atoms with E-state index in [0.717, 1.165) is 18.5 Å². The molecule has 0 bridgehead atoms. The second kappa shape index (κ2) is 7.67. The molecule has 1 aliphatic heterocycles. The van der Waals surface area contributed by atoms with E-state index in [0.29, 0.717) is 5.56 Å². The Labute approximate surface area is 168 Å². The van der Waals surface area contributed by atoms with Crippen molar-refractivity contribution in [1.29, 1.82) is 0 Å². The lowest BCUT2D eigenvalue weighted by Gasteiger charge is -2.33. The van der Waals surface area contributed by atoms with Crippen molar-refractivity contribution in [2.75, 3.05) is 14.2 Å². The van der Waals surface area contributed by atoms with Crippen LogP contribution >= 0.6 is 0 Å². The first-order chi connectivity index (χ1) is 13.8. The molecule has 0 saturated carbocycles. The third kappa shape index (κ3) is 3.17. The highest BCUT2D eigenvalue weighted by atomic mass is 32.2. The van der Waals surface area contributed by atoms with E-state index in [1.165, 1.54) is 19.1 Å². The number of benzene rings is 2. The zero-order valence-electron chi connectivity index (χ0n) is 16.1. The summed E-state index contributed by atoms with van der Waals surface area (Å²) in [6, 6.07) is 14.7. The van der Waals surface area contributed by atoms with Gasteiger partial charge in [0.2, 0.25) is 0 Å². The average molecular weight is 416 g/mol. The van der Waals surface area contributed by atoms with Gasteiger partial charge in [-0.25, -0.2) is 27.3 Å². The molecule has 29 heavy (non-hydrogen) atoms. The molecule has 1 heterocycles. The van der Waals surface area contributed by atoms with Gasteiger partial charge in [0, 0.05) is 0 Å². The summed E-state index contributed by atoms with van der Waals surface area (Å²) in [4.78, 5) is 29.9. The first-order valence-electron chi connectivity index (χ1n) is 8.68. The Morgan fingerprint density at radius 3 is 1.90 bits per heavy atom. The van der Waals surface area contributed by atoms with E-state index < -0.39 is 33.5 Å². The van der Waals surface area contributed by atoms with Gasteiger partial charge in [-0.2, -0.15) is 0 Å². The van der Waals surface area contributed by atoms with Crippen LogP contribution in [-0.4, -0.2) is 50.3 Å². The summed E-state index contributed by atoms with van der Waals surface area (Å²) in [6.07, 6.45) is 0. The van der Waals surface area contributed by atoms with Crippen LogP contribution in [0.3, 0.4) is 0 Å². The number of carbonyl (C=O) groups excluding carboxylic acids is 2. The molecule has 1 unspecified atom stereocenters. The van der Waals surface area contributed by atoms with Gasteiger partial charge in [-0.3, -0.25) is 0 Å². The van der Waals surface area contributed by atoms with Crippen molar-refractivity contribution < 1.29 is 27.5 Å². The predicted octanol–water partition coefficient (Wildman–Crippen LogP) is 1.94. The zero-order chi connectivity index (χ0) is 21.2. The van der Waals surface area contributed by atoms with Crippen LogP contribution in [0, 0.1) is 0 Å². The van der Waals surface area contributed by atoms with Crippen LogP contribution in [0.5, 0.6) is 0 Å². The highest BCUT2D eigenvalue weighted by Crippen LogP contribution is 2.45. The number of esters is 2. The van der Waals surface area contributed by atoms with Gasteiger partial charge in [-0.1, -0.05) is 48.5 Å². The number of aliphatic imine (C=N–C) groups is 1. The summed E-state index contributed by atoms with van der Waals surface area (Å²) >= 11 is 0. The Balaban J connectivity index is 2.31. The topological polar surface area (TPSA) is 102 Å². The molecule has 1 aliphatic rings. The number of hydrogen-bond acceptors (Lipinski definition) is 7. The molecule has 8 nitrogen and oxygen atoms in total. The number of nitrogens with zero attached hydrogens (tertiary/aromatic N) is 2. The zero-order valence-corrected chi connectivity index (χ0v) is 16.9. The molecule has 0 aliphatic carbocycles. The molecular formula is C20H20N2O6S. The van der Waals surface area contributed by atoms with Crippen LogP contribution in [0.4, 0.5) is 0 Å². The van der Waals surface area contributed by atoms with Crippen molar-refractivity contribution in [1.82, 2.24) is 4.31 Å². The molecule has 0 saturated heterocycles. The third-order valence-corrected chi connectivity index (χ3v) is 6.56. The fraction of sp³-hybridized carbons (Fsp3) is 0.250. The van der Waals surface area contributed by atoms with Crippen LogP contribution in [0.15, 0.2) is 70.6 Å². The van der Waals surface area contributed by atoms with E-state index in [2.05, 4.69) is 4.99 Å². The van der Waals surface area contributed by atoms with Gasteiger partial charge < -0.3 is 9.47 Å². The monoisotopic (exact) mass is 416 g/mol. The lowest BCUT2D eigenvalue weighted by atomic mass is 9.86. The summed E-state index contributed by atoms with van der Waals surface area (Å²) in [5, 5.41) is 0. The number of methoxy groups -OCH3 is 2. The Morgan fingerprint density at radius 2 is 1.41 bits per heavy atom. The van der Waals surface area contributed by atoms with Crippen molar-refractivity contribution in [3.05, 3.63) is 66.2 Å². The van der Waals surface area contributed by atoms with Crippen molar-refractivity contribution in [2.24, 2.45) is 4.99 Å². The number of amidine groups is 1. The second-order valence-electron chi connectivity index (χ2n) is 6.34. The van der Waals surface area contributed by atoms with E-state index in [1.54, 1.807) is 48.5 Å². The van der Waals surface area contributed by atoms with E-state index in [1.807, 2.05) is 0 Å². The Morgan fingerprint density at radius 1 is 0.931 bits per heavy atom. The van der Waals surface area contributed by atoms with Crippen molar-refractivity contribution in [3.8, 4) is 0 Å². The van der Waals surface area contributed by atoms with Gasteiger partial charge in [-0.15, -0.1) is 0 Å². The number of carbonyl (C=O) groups is 2. The van der Waals surface area contributed by atoms with Gasteiger partial charge in [0.05, 0.1) is 19.1 Å². The smallest absolute Gasteiger partial charge is 0.348 e. The van der Waals surface area contributed by atoms with E-state index in [4.69, 9.17) is 9.47 Å². The fourth-order valence-corrected chi connectivity index (χ4v) is 5.13. The van der Waals surface area contributed by atoms with E-state index in [-0.39, 0.29) is 10.7 Å². The third-order valence-electron chi connectivity index (χ3n) is 4.70. The summed E-state index contributed by atoms with van der Waals surface area (Å²) in [7, 11) is -1.94. The lowest BCUT2D eigenvalue weighted by molar-refractivity contribution is -0.162. The van der Waals surface area contributed by atoms with Crippen molar-refractivity contribution in [3.63, 3.8) is 0 Å². The minimum absolute atomic E-state index is 0.000938. The van der Waals surface area contributed by atoms with E-state index >= 15 is 0 Å². The molecule has 3 rings (SSSR count). The molecule has 9 heteroatoms. The standard InChI is InChI=1S/C20H20N2O6S/c1-14-21-20(18(23)27-2,19(24)28-3)17(15-10-6-4-7-11-15)22(14)29(25,26)16-12-8-5-9-13-16/h4-13,17H,1-3H3. The molecule has 0 aromatic heterocycles. The Kier molecular flexibility index (Phi) is 5.43. The molecule has 2 aromatic carbocycles. The molecule has 0 N–H and O–H groups in total. The molecule has 2 aromatic rings. The largest absolute Gasteiger partial charge is 0.467 e. The van der Waals surface area contributed by atoms with Gasteiger partial charge in [0.15, 0.2) is 0 Å². The average Bonchev–Trinajstić information content (AvgIpc) is 3.08. The molecule has 152 valence electrons. The normalized spacial score (nSPS) is 18.1. The number of rotatable bonds is 5. The second-order valence-corrected chi connectivity index (χ2v) is 8.15. The predicted molar refractivity (Wildman–Crippen MR) is 105 cm³/mol. The molecule has 1 atom stereocenters. The molecular weight excluding hydrogens is 396 g/mol. The Bertz CT molecular complexity index is 1030. The number of ether oxygens (including phenoxy) is 2. The number of sulfonamides is 1. The summed E-state index contributed by atoms with van der Waals surface area (Å²) in [6.45, 7) is 1.42. The molecule has 0 amide bonds. The lowest BCUT2D eigenvalue weighted by Crippen LogP contribution is -2.53. The minimum Gasteiger partial charge on any atom is -0.467 e. The summed E-state index contributed by atoms with van der Waals surface area (Å²) < 4.78 is 37.7. The first kappa shape index (κ1) is 20.5. The van der Waals surface area contributed by atoms with Gasteiger partial charge >= 0.3 is 11.9 Å².